The van der Waals surface area contributed by atoms with E-state index in [1.807, 2.05) is 6.92 Å². The van der Waals surface area contributed by atoms with Crippen LogP contribution in [-0.4, -0.2) is 21.4 Å². The number of ether oxygens (including phenoxy) is 1. The van der Waals surface area contributed by atoms with Gasteiger partial charge < -0.3 is 4.74 Å². The van der Waals surface area contributed by atoms with Crippen LogP contribution < -0.4 is 10.3 Å². The molecule has 0 radical (unpaired) electrons. The molecular weight excluding hydrogens is 256 g/mol. The highest BCUT2D eigenvalue weighted by molar-refractivity contribution is 5.30. The number of hydrogen-bond donors (Lipinski definition) is 0. The summed E-state index contributed by atoms with van der Waals surface area (Å²) < 4.78 is 29.3. The number of alkyl halides is 2. The molecule has 0 aromatic carbocycles. The van der Waals surface area contributed by atoms with Crippen LogP contribution in [0.4, 0.5) is 8.78 Å². The molecule has 0 fully saturated rings. The van der Waals surface area contributed by atoms with Crippen LogP contribution in [0, 0.1) is 0 Å². The van der Waals surface area contributed by atoms with Crippen LogP contribution in [0.5, 0.6) is 5.75 Å². The van der Waals surface area contributed by atoms with Crippen LogP contribution in [0.25, 0.3) is 5.69 Å². The first kappa shape index (κ1) is 13.1. The van der Waals surface area contributed by atoms with Crippen LogP contribution in [0.1, 0.15) is 12.6 Å². The van der Waals surface area contributed by atoms with E-state index in [-0.39, 0.29) is 0 Å². The summed E-state index contributed by atoms with van der Waals surface area (Å²) >= 11 is 0. The quantitative estimate of drug-likeness (QED) is 0.847. The first-order chi connectivity index (χ1) is 9.11. The second kappa shape index (κ2) is 5.55. The Balaban J connectivity index is 2.41. The van der Waals surface area contributed by atoms with E-state index >= 15 is 0 Å². The first-order valence-electron chi connectivity index (χ1n) is 5.60. The molecule has 0 aliphatic rings. The molecule has 0 amide bonds. The van der Waals surface area contributed by atoms with E-state index in [2.05, 4.69) is 14.8 Å². The molecule has 5 nitrogen and oxygen atoms in total. The molecule has 2 rings (SSSR count). The maximum atomic E-state index is 12.1. The fourth-order valence-electron chi connectivity index (χ4n) is 1.52. The van der Waals surface area contributed by atoms with Crippen molar-refractivity contribution in [3.05, 3.63) is 46.6 Å². The minimum atomic E-state index is -3.05. The average Bonchev–Trinajstić information content (AvgIpc) is 2.41. The lowest BCUT2D eigenvalue weighted by Crippen LogP contribution is -2.23. The maximum absolute atomic E-state index is 12.1. The number of halogens is 2. The van der Waals surface area contributed by atoms with Gasteiger partial charge in [0.1, 0.15) is 0 Å². The molecule has 2 heterocycles. The second-order valence-corrected chi connectivity index (χ2v) is 3.65. The van der Waals surface area contributed by atoms with Gasteiger partial charge in [0.15, 0.2) is 5.75 Å². The van der Waals surface area contributed by atoms with Gasteiger partial charge in [0.25, 0.3) is 0 Å². The van der Waals surface area contributed by atoms with Gasteiger partial charge in [-0.25, -0.2) is 0 Å². The van der Waals surface area contributed by atoms with Crippen molar-refractivity contribution in [1.82, 2.24) is 14.8 Å². The van der Waals surface area contributed by atoms with Gasteiger partial charge in [-0.15, -0.1) is 0 Å². The molecule has 19 heavy (non-hydrogen) atoms. The maximum Gasteiger partial charge on any atom is 0.387 e. The number of rotatable bonds is 4. The topological polar surface area (TPSA) is 57.0 Å². The number of pyridine rings is 1. The highest BCUT2D eigenvalue weighted by atomic mass is 19.3. The van der Waals surface area contributed by atoms with Gasteiger partial charge in [0.2, 0.25) is 0 Å². The Bertz CT molecular complexity index is 611. The lowest BCUT2D eigenvalue weighted by atomic mass is 10.3. The third-order valence-electron chi connectivity index (χ3n) is 2.44. The Morgan fingerprint density at radius 3 is 2.74 bits per heavy atom. The van der Waals surface area contributed by atoms with Crippen molar-refractivity contribution in [3.63, 3.8) is 0 Å². The number of hydrogen-bond acceptors (Lipinski definition) is 4. The van der Waals surface area contributed by atoms with Gasteiger partial charge in [-0.3, -0.25) is 9.78 Å². The van der Waals surface area contributed by atoms with E-state index in [9.17, 15) is 13.6 Å². The Labute approximate surface area is 107 Å². The molecule has 2 aromatic rings. The van der Waals surface area contributed by atoms with Gasteiger partial charge in [-0.2, -0.15) is 18.6 Å². The fourth-order valence-corrected chi connectivity index (χ4v) is 1.52. The molecule has 0 aliphatic heterocycles. The summed E-state index contributed by atoms with van der Waals surface area (Å²) in [6.45, 7) is -1.10. The summed E-state index contributed by atoms with van der Waals surface area (Å²) in [4.78, 5) is 16.0. The molecule has 0 bridgehead atoms. The largest absolute Gasteiger partial charge is 0.429 e. The van der Waals surface area contributed by atoms with Crippen LogP contribution in [-0.2, 0) is 6.42 Å². The van der Waals surface area contributed by atoms with Crippen molar-refractivity contribution in [3.8, 4) is 11.4 Å². The van der Waals surface area contributed by atoms with E-state index in [4.69, 9.17) is 0 Å². The van der Waals surface area contributed by atoms with E-state index in [0.29, 0.717) is 5.69 Å². The van der Waals surface area contributed by atoms with Crippen molar-refractivity contribution in [2.45, 2.75) is 20.0 Å². The monoisotopic (exact) mass is 267 g/mol. The van der Waals surface area contributed by atoms with Crippen LogP contribution >= 0.6 is 0 Å². The summed E-state index contributed by atoms with van der Waals surface area (Å²) in [5.41, 5.74) is 0.493. The summed E-state index contributed by atoms with van der Waals surface area (Å²) in [6, 6.07) is 4.48. The average molecular weight is 267 g/mol. The minimum Gasteiger partial charge on any atom is -0.429 e. The summed E-state index contributed by atoms with van der Waals surface area (Å²) in [5, 5.41) is 3.81. The predicted molar refractivity (Wildman–Crippen MR) is 63.6 cm³/mol. The SMILES string of the molecule is CCc1ccc(-n2nccc(OC(F)F)c2=O)cn1. The molecule has 7 heteroatoms. The van der Waals surface area contributed by atoms with Crippen molar-refractivity contribution >= 4 is 0 Å². The minimum absolute atomic E-state index is 0.391. The van der Waals surface area contributed by atoms with Crippen LogP contribution in [0.15, 0.2) is 35.4 Å². The summed E-state index contributed by atoms with van der Waals surface area (Å²) in [7, 11) is 0. The summed E-state index contributed by atoms with van der Waals surface area (Å²) in [6.07, 6.45) is 3.43. The molecular formula is C12H11F2N3O2. The van der Waals surface area contributed by atoms with Crippen LogP contribution in [0.2, 0.25) is 0 Å². The van der Waals surface area contributed by atoms with Gasteiger partial charge in [0, 0.05) is 11.8 Å². The molecule has 0 unspecified atom stereocenters. The zero-order chi connectivity index (χ0) is 13.8. The zero-order valence-electron chi connectivity index (χ0n) is 10.1. The Morgan fingerprint density at radius 1 is 1.37 bits per heavy atom. The molecule has 0 aliphatic carbocycles. The van der Waals surface area contributed by atoms with Crippen molar-refractivity contribution < 1.29 is 13.5 Å². The normalized spacial score (nSPS) is 10.7. The standard InChI is InChI=1S/C12H11F2N3O2/c1-2-8-3-4-9(7-15-8)17-11(18)10(5-6-16-17)19-12(13)14/h3-7,12H,2H2,1H3. The van der Waals surface area contributed by atoms with E-state index in [1.165, 1.54) is 12.4 Å². The smallest absolute Gasteiger partial charge is 0.387 e. The third-order valence-corrected chi connectivity index (χ3v) is 2.44. The van der Waals surface area contributed by atoms with Crippen LogP contribution in [0.3, 0.4) is 0 Å². The van der Waals surface area contributed by atoms with E-state index in [1.54, 1.807) is 12.1 Å². The lowest BCUT2D eigenvalue weighted by Gasteiger charge is -2.07. The molecule has 0 saturated carbocycles. The van der Waals surface area contributed by atoms with Gasteiger partial charge in [-0.05, 0) is 18.6 Å². The number of nitrogens with zero attached hydrogens (tertiary/aromatic N) is 3. The Morgan fingerprint density at radius 2 is 2.16 bits per heavy atom. The molecule has 0 spiro atoms. The van der Waals surface area contributed by atoms with Crippen molar-refractivity contribution in [2.24, 2.45) is 0 Å². The Kier molecular flexibility index (Phi) is 3.84. The number of aromatic nitrogens is 3. The molecule has 100 valence electrons. The fraction of sp³-hybridized carbons (Fsp3) is 0.250. The molecule has 0 saturated heterocycles. The molecule has 0 N–H and O–H groups in total. The van der Waals surface area contributed by atoms with Gasteiger partial charge in [0.05, 0.1) is 18.1 Å². The van der Waals surface area contributed by atoms with Gasteiger partial charge in [-0.1, -0.05) is 6.92 Å². The molecule has 0 atom stereocenters. The Hall–Kier alpha value is -2.31. The molecule has 2 aromatic heterocycles. The van der Waals surface area contributed by atoms with Crippen molar-refractivity contribution in [1.29, 1.82) is 0 Å². The zero-order valence-corrected chi connectivity index (χ0v) is 10.1. The number of aryl methyl sites for hydroxylation is 1. The van der Waals surface area contributed by atoms with E-state index in [0.717, 1.165) is 22.9 Å². The first-order valence-corrected chi connectivity index (χ1v) is 5.60. The third kappa shape index (κ3) is 2.93. The van der Waals surface area contributed by atoms with Gasteiger partial charge >= 0.3 is 12.2 Å². The predicted octanol–water partition coefficient (Wildman–Crippen LogP) is 1.79. The highest BCUT2D eigenvalue weighted by Gasteiger charge is 2.11. The lowest BCUT2D eigenvalue weighted by molar-refractivity contribution is -0.0511. The highest BCUT2D eigenvalue weighted by Crippen LogP contribution is 2.09. The summed E-state index contributed by atoms with van der Waals surface area (Å²) in [5.74, 6) is -0.454. The second-order valence-electron chi connectivity index (χ2n) is 3.65. The van der Waals surface area contributed by atoms with E-state index < -0.39 is 17.9 Å². The van der Waals surface area contributed by atoms with Crippen molar-refractivity contribution in [2.75, 3.05) is 0 Å².